The third-order valence-corrected chi connectivity index (χ3v) is 2.98. The molecular formula is C14H12N4O3. The van der Waals surface area contributed by atoms with Gasteiger partial charge < -0.3 is 9.52 Å². The van der Waals surface area contributed by atoms with Crippen molar-refractivity contribution in [3.63, 3.8) is 0 Å². The molecule has 7 heteroatoms. The first kappa shape index (κ1) is 13.0. The molecule has 3 aromatic rings. The third kappa shape index (κ3) is 2.66. The summed E-state index contributed by atoms with van der Waals surface area (Å²) in [6.07, 6.45) is 0. The van der Waals surface area contributed by atoms with E-state index in [1.165, 1.54) is 10.9 Å². The molecule has 0 bridgehead atoms. The first-order chi connectivity index (χ1) is 10.1. The van der Waals surface area contributed by atoms with Crippen LogP contribution >= 0.6 is 0 Å². The van der Waals surface area contributed by atoms with Crippen molar-refractivity contribution in [2.45, 2.75) is 13.5 Å². The van der Waals surface area contributed by atoms with Gasteiger partial charge in [-0.2, -0.15) is 4.80 Å². The van der Waals surface area contributed by atoms with Gasteiger partial charge in [-0.15, -0.1) is 10.2 Å². The summed E-state index contributed by atoms with van der Waals surface area (Å²) >= 11 is 0. The van der Waals surface area contributed by atoms with Crippen molar-refractivity contribution in [2.75, 3.05) is 0 Å². The summed E-state index contributed by atoms with van der Waals surface area (Å²) in [7, 11) is 0. The molecule has 1 aromatic carbocycles. The highest BCUT2D eigenvalue weighted by atomic mass is 16.4. The molecule has 2 heterocycles. The number of rotatable bonds is 4. The van der Waals surface area contributed by atoms with Crippen LogP contribution < -0.4 is 0 Å². The van der Waals surface area contributed by atoms with Crippen LogP contribution in [0.4, 0.5) is 0 Å². The highest BCUT2D eigenvalue weighted by Crippen LogP contribution is 2.16. The van der Waals surface area contributed by atoms with Gasteiger partial charge in [0.25, 0.3) is 0 Å². The lowest BCUT2D eigenvalue weighted by Crippen LogP contribution is -2.03. The fourth-order valence-electron chi connectivity index (χ4n) is 1.99. The number of aromatic nitrogens is 4. The monoisotopic (exact) mass is 284 g/mol. The Morgan fingerprint density at radius 3 is 2.76 bits per heavy atom. The molecule has 21 heavy (non-hydrogen) atoms. The minimum atomic E-state index is -1.01. The summed E-state index contributed by atoms with van der Waals surface area (Å²) in [5, 5.41) is 21.1. The lowest BCUT2D eigenvalue weighted by molar-refractivity contribution is 0.0695. The Kier molecular flexibility index (Phi) is 3.23. The highest BCUT2D eigenvalue weighted by molar-refractivity contribution is 5.88. The number of tetrazole rings is 1. The van der Waals surface area contributed by atoms with Crippen LogP contribution in [0.2, 0.25) is 0 Å². The van der Waals surface area contributed by atoms with E-state index in [9.17, 15) is 4.79 Å². The average Bonchev–Trinajstić information content (AvgIpc) is 3.07. The standard InChI is InChI=1S/C14H12N4O3/c1-9-12(14(19)20)7-11(21-9)8-18-16-13(15-17-18)10-5-3-2-4-6-10/h2-7H,8H2,1H3,(H,19,20). The molecule has 0 atom stereocenters. The third-order valence-electron chi connectivity index (χ3n) is 2.98. The highest BCUT2D eigenvalue weighted by Gasteiger charge is 2.15. The van der Waals surface area contributed by atoms with E-state index in [0.29, 0.717) is 17.3 Å². The molecule has 0 aliphatic rings. The number of hydrogen-bond donors (Lipinski definition) is 1. The van der Waals surface area contributed by atoms with E-state index in [-0.39, 0.29) is 12.1 Å². The van der Waals surface area contributed by atoms with Crippen LogP contribution in [-0.4, -0.2) is 31.3 Å². The molecule has 0 saturated heterocycles. The summed E-state index contributed by atoms with van der Waals surface area (Å²) in [6.45, 7) is 1.84. The number of carboxylic acids is 1. The Morgan fingerprint density at radius 1 is 1.33 bits per heavy atom. The average molecular weight is 284 g/mol. The number of carboxylic acid groups (broad SMARTS) is 1. The molecular weight excluding hydrogens is 272 g/mol. The molecule has 0 radical (unpaired) electrons. The number of nitrogens with zero attached hydrogens (tertiary/aromatic N) is 4. The maximum atomic E-state index is 11.0. The zero-order chi connectivity index (χ0) is 14.8. The predicted octanol–water partition coefficient (Wildman–Crippen LogP) is 1.99. The number of hydrogen-bond acceptors (Lipinski definition) is 5. The van der Waals surface area contributed by atoms with E-state index < -0.39 is 5.97 Å². The lowest BCUT2D eigenvalue weighted by atomic mass is 10.2. The molecule has 7 nitrogen and oxygen atoms in total. The Hall–Kier alpha value is -2.96. The summed E-state index contributed by atoms with van der Waals surface area (Å²) in [6, 6.07) is 11.0. The molecule has 0 aliphatic carbocycles. The molecule has 0 fully saturated rings. The topological polar surface area (TPSA) is 94.0 Å². The number of furan rings is 1. The van der Waals surface area contributed by atoms with Gasteiger partial charge in [-0.25, -0.2) is 4.79 Å². The van der Waals surface area contributed by atoms with Gasteiger partial charge in [-0.3, -0.25) is 0 Å². The van der Waals surface area contributed by atoms with E-state index in [1.807, 2.05) is 30.3 Å². The van der Waals surface area contributed by atoms with Crippen molar-refractivity contribution in [1.29, 1.82) is 0 Å². The first-order valence-corrected chi connectivity index (χ1v) is 6.29. The molecule has 2 aromatic heterocycles. The van der Waals surface area contributed by atoms with Crippen LogP contribution in [0, 0.1) is 6.92 Å². The van der Waals surface area contributed by atoms with Crippen molar-refractivity contribution in [3.05, 3.63) is 53.5 Å². The smallest absolute Gasteiger partial charge is 0.339 e. The van der Waals surface area contributed by atoms with Gasteiger partial charge in [0.05, 0.1) is 0 Å². The molecule has 0 spiro atoms. The molecule has 106 valence electrons. The van der Waals surface area contributed by atoms with Gasteiger partial charge in [-0.05, 0) is 18.2 Å². The van der Waals surface area contributed by atoms with Crippen LogP contribution in [0.25, 0.3) is 11.4 Å². The second-order valence-electron chi connectivity index (χ2n) is 4.50. The van der Waals surface area contributed by atoms with Crippen molar-refractivity contribution in [3.8, 4) is 11.4 Å². The first-order valence-electron chi connectivity index (χ1n) is 6.29. The molecule has 0 saturated carbocycles. The van der Waals surface area contributed by atoms with E-state index in [0.717, 1.165) is 5.56 Å². The van der Waals surface area contributed by atoms with E-state index in [1.54, 1.807) is 6.92 Å². The summed E-state index contributed by atoms with van der Waals surface area (Å²) in [5.74, 6) is 0.333. The largest absolute Gasteiger partial charge is 0.478 e. The van der Waals surface area contributed by atoms with Crippen LogP contribution in [0.1, 0.15) is 21.9 Å². The molecule has 3 rings (SSSR count). The molecule has 0 unspecified atom stereocenters. The van der Waals surface area contributed by atoms with E-state index in [2.05, 4.69) is 15.4 Å². The van der Waals surface area contributed by atoms with E-state index in [4.69, 9.17) is 9.52 Å². The Bertz CT molecular complexity index is 777. The molecule has 0 amide bonds. The van der Waals surface area contributed by atoms with Crippen molar-refractivity contribution in [2.24, 2.45) is 0 Å². The van der Waals surface area contributed by atoms with Crippen LogP contribution in [0.15, 0.2) is 40.8 Å². The lowest BCUT2D eigenvalue weighted by Gasteiger charge is -1.94. The summed E-state index contributed by atoms with van der Waals surface area (Å²) in [5.41, 5.74) is 1.01. The minimum absolute atomic E-state index is 0.147. The predicted molar refractivity (Wildman–Crippen MR) is 72.8 cm³/mol. The second kappa shape index (κ2) is 5.20. The van der Waals surface area contributed by atoms with Gasteiger partial charge >= 0.3 is 5.97 Å². The van der Waals surface area contributed by atoms with Crippen LogP contribution in [0.5, 0.6) is 0 Å². The number of benzene rings is 1. The Morgan fingerprint density at radius 2 is 2.10 bits per heavy atom. The van der Waals surface area contributed by atoms with Crippen LogP contribution in [0.3, 0.4) is 0 Å². The fraction of sp³-hybridized carbons (Fsp3) is 0.143. The van der Waals surface area contributed by atoms with Gasteiger partial charge in [0.1, 0.15) is 23.6 Å². The van der Waals surface area contributed by atoms with Crippen molar-refractivity contribution in [1.82, 2.24) is 20.2 Å². The van der Waals surface area contributed by atoms with Crippen LogP contribution in [-0.2, 0) is 6.54 Å². The fourth-order valence-corrected chi connectivity index (χ4v) is 1.99. The number of aryl methyl sites for hydroxylation is 1. The van der Waals surface area contributed by atoms with Gasteiger partial charge in [0.15, 0.2) is 0 Å². The van der Waals surface area contributed by atoms with E-state index >= 15 is 0 Å². The number of aromatic carboxylic acids is 1. The van der Waals surface area contributed by atoms with Gasteiger partial charge in [-0.1, -0.05) is 30.3 Å². The van der Waals surface area contributed by atoms with Gasteiger partial charge in [0, 0.05) is 5.56 Å². The Labute approximate surface area is 119 Å². The number of carbonyl (C=O) groups is 1. The maximum absolute atomic E-state index is 11.0. The maximum Gasteiger partial charge on any atom is 0.339 e. The van der Waals surface area contributed by atoms with Gasteiger partial charge in [0.2, 0.25) is 5.82 Å². The normalized spacial score (nSPS) is 10.7. The van der Waals surface area contributed by atoms with Crippen molar-refractivity contribution >= 4 is 5.97 Å². The molecule has 1 N–H and O–H groups in total. The zero-order valence-corrected chi connectivity index (χ0v) is 11.2. The summed E-state index contributed by atoms with van der Waals surface area (Å²) in [4.78, 5) is 12.3. The second-order valence-corrected chi connectivity index (χ2v) is 4.50. The minimum Gasteiger partial charge on any atom is -0.478 e. The molecule has 0 aliphatic heterocycles. The summed E-state index contributed by atoms with van der Waals surface area (Å²) < 4.78 is 5.39. The quantitative estimate of drug-likeness (QED) is 0.787. The Balaban J connectivity index is 1.82. The van der Waals surface area contributed by atoms with Crippen molar-refractivity contribution < 1.29 is 14.3 Å². The zero-order valence-electron chi connectivity index (χ0n) is 11.2. The SMILES string of the molecule is Cc1oc(Cn2nnc(-c3ccccc3)n2)cc1C(=O)O.